The van der Waals surface area contributed by atoms with Crippen LogP contribution in [0.15, 0.2) is 103 Å². The number of carbonyl (C=O) groups excluding carboxylic acids is 3. The Labute approximate surface area is 286 Å². The molecule has 0 saturated heterocycles. The van der Waals surface area contributed by atoms with Gasteiger partial charge in [0.05, 0.1) is 29.4 Å². The van der Waals surface area contributed by atoms with Crippen LogP contribution in [0.2, 0.25) is 5.02 Å². The zero-order valence-electron chi connectivity index (χ0n) is 27.3. The van der Waals surface area contributed by atoms with Crippen LogP contribution in [0.5, 0.6) is 0 Å². The van der Waals surface area contributed by atoms with Gasteiger partial charge in [-0.1, -0.05) is 84.4 Å². The number of carbonyl (C=O) groups is 3. The number of benzene rings is 4. The summed E-state index contributed by atoms with van der Waals surface area (Å²) in [4.78, 5) is 45.8. The number of ether oxygens (including phenoxy) is 1. The van der Waals surface area contributed by atoms with Crippen molar-refractivity contribution in [2.24, 2.45) is 0 Å². The van der Waals surface area contributed by atoms with Gasteiger partial charge >= 0.3 is 5.97 Å². The summed E-state index contributed by atoms with van der Waals surface area (Å²) in [6.45, 7) is 5.44. The van der Waals surface area contributed by atoms with E-state index in [-0.39, 0.29) is 28.9 Å². The fourth-order valence-electron chi connectivity index (χ4n) is 5.83. The molecule has 1 N–H and O–H groups in total. The molecule has 48 heavy (non-hydrogen) atoms. The molecule has 0 fully saturated rings. The van der Waals surface area contributed by atoms with Crippen LogP contribution in [-0.4, -0.2) is 54.4 Å². The molecule has 0 saturated carbocycles. The van der Waals surface area contributed by atoms with E-state index in [1.54, 1.807) is 24.3 Å². The summed E-state index contributed by atoms with van der Waals surface area (Å²) in [5.74, 6) is -1.19. The molecule has 1 atom stereocenters. The number of halogens is 1. The zero-order valence-corrected chi connectivity index (χ0v) is 28.0. The van der Waals surface area contributed by atoms with Crippen LogP contribution in [-0.2, 0) is 4.74 Å². The fraction of sp³-hybridized carbons (Fsp3) is 0.200. The van der Waals surface area contributed by atoms with E-state index >= 15 is 0 Å². The number of methoxy groups -OCH3 is 1. The molecule has 0 bridgehead atoms. The zero-order chi connectivity index (χ0) is 34.0. The van der Waals surface area contributed by atoms with Crippen LogP contribution < -0.4 is 5.32 Å². The van der Waals surface area contributed by atoms with E-state index in [4.69, 9.17) is 21.3 Å². The van der Waals surface area contributed by atoms with Crippen LogP contribution in [0.25, 0.3) is 23.1 Å². The molecule has 7 nitrogen and oxygen atoms in total. The summed E-state index contributed by atoms with van der Waals surface area (Å²) in [5.41, 5.74) is 5.55. The lowest BCUT2D eigenvalue weighted by Crippen LogP contribution is -2.32. The summed E-state index contributed by atoms with van der Waals surface area (Å²) in [6, 6.07) is 32.1. The molecule has 0 spiro atoms. The van der Waals surface area contributed by atoms with Gasteiger partial charge in [-0.3, -0.25) is 9.59 Å². The maximum absolute atomic E-state index is 13.7. The lowest BCUT2D eigenvalue weighted by Gasteiger charge is -2.25. The normalized spacial score (nSPS) is 11.8. The Bertz CT molecular complexity index is 1970. The van der Waals surface area contributed by atoms with Crippen molar-refractivity contribution in [3.8, 4) is 0 Å². The van der Waals surface area contributed by atoms with E-state index in [1.807, 2.05) is 104 Å². The smallest absolute Gasteiger partial charge is 0.338 e. The molecule has 0 aliphatic carbocycles. The summed E-state index contributed by atoms with van der Waals surface area (Å²) in [6.07, 6.45) is 4.48. The lowest BCUT2D eigenvalue weighted by atomic mass is 9.84. The van der Waals surface area contributed by atoms with Crippen LogP contribution in [0.4, 0.5) is 0 Å². The van der Waals surface area contributed by atoms with Crippen molar-refractivity contribution in [1.29, 1.82) is 0 Å². The van der Waals surface area contributed by atoms with Gasteiger partial charge in [0.1, 0.15) is 0 Å². The monoisotopic (exact) mass is 659 g/mol. The van der Waals surface area contributed by atoms with E-state index < -0.39 is 5.97 Å². The number of aromatic nitrogens is 1. The summed E-state index contributed by atoms with van der Waals surface area (Å²) < 4.78 is 4.87. The molecule has 1 aromatic heterocycles. The van der Waals surface area contributed by atoms with Crippen molar-refractivity contribution in [3.63, 3.8) is 0 Å². The number of esters is 1. The topological polar surface area (TPSA) is 88.6 Å². The first-order valence-electron chi connectivity index (χ1n) is 16.0. The van der Waals surface area contributed by atoms with Gasteiger partial charge < -0.3 is 15.0 Å². The molecular weight excluding hydrogens is 622 g/mol. The second kappa shape index (κ2) is 16.0. The van der Waals surface area contributed by atoms with E-state index in [1.165, 1.54) is 7.11 Å². The highest BCUT2D eigenvalue weighted by Gasteiger charge is 2.24. The number of nitrogens with zero attached hydrogens (tertiary/aromatic N) is 2. The van der Waals surface area contributed by atoms with Crippen LogP contribution in [0.3, 0.4) is 0 Å². The van der Waals surface area contributed by atoms with Gasteiger partial charge in [0.15, 0.2) is 0 Å². The lowest BCUT2D eigenvalue weighted by molar-refractivity contribution is 0.0596. The molecule has 1 unspecified atom stereocenters. The van der Waals surface area contributed by atoms with Crippen molar-refractivity contribution in [1.82, 2.24) is 15.2 Å². The first-order chi connectivity index (χ1) is 23.3. The highest BCUT2D eigenvalue weighted by molar-refractivity contribution is 6.31. The number of amides is 2. The average molecular weight is 660 g/mol. The Balaban J connectivity index is 1.46. The molecular formula is C40H38ClN3O4. The summed E-state index contributed by atoms with van der Waals surface area (Å²) >= 11 is 6.19. The van der Waals surface area contributed by atoms with Gasteiger partial charge in [-0.05, 0) is 79.4 Å². The number of pyridine rings is 1. The maximum atomic E-state index is 13.7. The molecule has 5 aromatic rings. The molecule has 0 aliphatic heterocycles. The van der Waals surface area contributed by atoms with E-state index in [2.05, 4.69) is 11.4 Å². The van der Waals surface area contributed by atoms with Gasteiger partial charge in [0.2, 0.25) is 0 Å². The van der Waals surface area contributed by atoms with Crippen molar-refractivity contribution < 1.29 is 19.1 Å². The van der Waals surface area contributed by atoms with Crippen molar-refractivity contribution in [3.05, 3.63) is 147 Å². The number of rotatable bonds is 12. The van der Waals surface area contributed by atoms with E-state index in [0.29, 0.717) is 36.6 Å². The van der Waals surface area contributed by atoms with Gasteiger partial charge in [-0.15, -0.1) is 0 Å². The Morgan fingerprint density at radius 1 is 0.833 bits per heavy atom. The highest BCUT2D eigenvalue weighted by Crippen LogP contribution is 2.32. The third kappa shape index (κ3) is 7.99. The Morgan fingerprint density at radius 2 is 1.54 bits per heavy atom. The third-order valence-electron chi connectivity index (χ3n) is 8.35. The van der Waals surface area contributed by atoms with Gasteiger partial charge in [-0.2, -0.15) is 0 Å². The van der Waals surface area contributed by atoms with Gasteiger partial charge in [-0.25, -0.2) is 9.78 Å². The molecule has 0 aliphatic rings. The van der Waals surface area contributed by atoms with E-state index in [9.17, 15) is 14.4 Å². The molecule has 4 aromatic carbocycles. The van der Waals surface area contributed by atoms with Crippen molar-refractivity contribution in [2.45, 2.75) is 26.2 Å². The molecule has 0 radical (unpaired) electrons. The third-order valence-corrected chi connectivity index (χ3v) is 8.58. The summed E-state index contributed by atoms with van der Waals surface area (Å²) in [5, 5.41) is 4.64. The van der Waals surface area contributed by atoms with Crippen LogP contribution in [0, 0.1) is 0 Å². The Morgan fingerprint density at radius 3 is 2.29 bits per heavy atom. The Hall–Kier alpha value is -5.27. The quantitative estimate of drug-likeness (QED) is 0.136. The molecule has 5 rings (SSSR count). The minimum Gasteiger partial charge on any atom is -0.465 e. The first-order valence-corrected chi connectivity index (χ1v) is 16.4. The Kier molecular flexibility index (Phi) is 11.4. The maximum Gasteiger partial charge on any atom is 0.338 e. The standard InChI is InChI=1S/C40H38ClN3O4/c1-4-44(5-2)39(46)35-15-8-6-13-33(35)32(23-24-42-38(45)34-14-7-9-16-36(34)40(47)48-3)29-12-10-11-27(25-29)17-21-31-22-19-28-18-20-30(41)26-37(28)43-31/h6-22,25-26,32H,4-5,23-24H2,1-3H3,(H,42,45). The number of nitrogens with one attached hydrogen (secondary N) is 1. The molecule has 2 amide bonds. The largest absolute Gasteiger partial charge is 0.465 e. The number of hydrogen-bond donors (Lipinski definition) is 1. The SMILES string of the molecule is CCN(CC)C(=O)c1ccccc1C(CCNC(=O)c1ccccc1C(=O)OC)c1cccc(C=Cc2ccc3ccc(Cl)cc3n2)c1. The van der Waals surface area contributed by atoms with Crippen molar-refractivity contribution in [2.75, 3.05) is 26.7 Å². The minimum atomic E-state index is -0.574. The minimum absolute atomic E-state index is 0.0322. The second-order valence-electron chi connectivity index (χ2n) is 11.3. The van der Waals surface area contributed by atoms with Crippen molar-refractivity contribution >= 4 is 52.4 Å². The summed E-state index contributed by atoms with van der Waals surface area (Å²) in [7, 11) is 1.29. The first kappa shape index (κ1) is 34.1. The predicted molar refractivity (Wildman–Crippen MR) is 192 cm³/mol. The molecule has 1 heterocycles. The molecule has 8 heteroatoms. The average Bonchev–Trinajstić information content (AvgIpc) is 3.12. The van der Waals surface area contributed by atoms with E-state index in [0.717, 1.165) is 33.3 Å². The van der Waals surface area contributed by atoms with Gasteiger partial charge in [0, 0.05) is 41.5 Å². The fourth-order valence-corrected chi connectivity index (χ4v) is 6.00. The second-order valence-corrected chi connectivity index (χ2v) is 11.7. The van der Waals surface area contributed by atoms with Crippen LogP contribution in [0.1, 0.15) is 79.6 Å². The van der Waals surface area contributed by atoms with Crippen LogP contribution >= 0.6 is 11.6 Å². The highest BCUT2D eigenvalue weighted by atomic mass is 35.5. The predicted octanol–water partition coefficient (Wildman–Crippen LogP) is 8.28. The number of fused-ring (bicyclic) bond motifs is 1. The number of hydrogen-bond acceptors (Lipinski definition) is 5. The molecule has 244 valence electrons. The van der Waals surface area contributed by atoms with Gasteiger partial charge in [0.25, 0.3) is 11.8 Å².